The number of hydrogen-bond acceptors (Lipinski definition) is 8. The molecule has 0 saturated carbocycles. The summed E-state index contributed by atoms with van der Waals surface area (Å²) in [5.74, 6) is -0.0784. The number of aromatic nitrogens is 1. The Morgan fingerprint density at radius 1 is 1.22 bits per heavy atom. The Morgan fingerprint density at radius 2 is 1.88 bits per heavy atom. The number of carbonyl (C=O) groups excluding carboxylic acids is 1. The monoisotopic (exact) mass is 464 g/mol. The average Bonchev–Trinajstić information content (AvgIpc) is 3.29. The highest BCUT2D eigenvalue weighted by atomic mass is 32.2. The van der Waals surface area contributed by atoms with E-state index in [2.05, 4.69) is 10.3 Å². The summed E-state index contributed by atoms with van der Waals surface area (Å²) in [6.45, 7) is 2.25. The molecule has 1 saturated heterocycles. The fourth-order valence-electron chi connectivity index (χ4n) is 4.87. The van der Waals surface area contributed by atoms with Gasteiger partial charge in [0.15, 0.2) is 22.0 Å². The summed E-state index contributed by atoms with van der Waals surface area (Å²) in [4.78, 5) is 18.2. The van der Waals surface area contributed by atoms with Gasteiger partial charge in [0.1, 0.15) is 0 Å². The van der Waals surface area contributed by atoms with Gasteiger partial charge < -0.3 is 19.5 Å². The minimum Gasteiger partial charge on any atom is -0.493 e. The molecule has 3 rings (SSSR count). The molecule has 1 aromatic carbocycles. The highest BCUT2D eigenvalue weighted by Crippen LogP contribution is 2.50. The van der Waals surface area contributed by atoms with Crippen LogP contribution in [0.4, 0.5) is 0 Å². The van der Waals surface area contributed by atoms with Crippen molar-refractivity contribution >= 4 is 15.9 Å². The molecule has 2 heterocycles. The van der Waals surface area contributed by atoms with Crippen LogP contribution in [0.2, 0.25) is 0 Å². The lowest BCUT2D eigenvalue weighted by atomic mass is 9.65. The van der Waals surface area contributed by atoms with E-state index >= 15 is 0 Å². The van der Waals surface area contributed by atoms with Crippen molar-refractivity contribution in [3.05, 3.63) is 47.8 Å². The van der Waals surface area contributed by atoms with Gasteiger partial charge in [0.05, 0.1) is 21.3 Å². The zero-order chi connectivity index (χ0) is 23.6. The van der Waals surface area contributed by atoms with Crippen LogP contribution in [0, 0.1) is 0 Å². The molecule has 0 radical (unpaired) electrons. The predicted octanol–water partition coefficient (Wildman–Crippen LogP) is 2.26. The van der Waals surface area contributed by atoms with Gasteiger partial charge in [-0.05, 0) is 43.1 Å². The van der Waals surface area contributed by atoms with E-state index in [0.717, 1.165) is 0 Å². The summed E-state index contributed by atoms with van der Waals surface area (Å²) in [6, 6.07) is 6.22. The molecule has 0 aliphatic carbocycles. The highest BCUT2D eigenvalue weighted by molar-refractivity contribution is 7.88. The first-order chi connectivity index (χ1) is 15.2. The number of Topliss-reactive ketones (excluding diaryl/α,β-unsaturated/α-hetero) is 1. The minimum absolute atomic E-state index is 0.0224. The molecule has 1 fully saturated rings. The minimum atomic E-state index is -4.90. The van der Waals surface area contributed by atoms with E-state index < -0.39 is 26.1 Å². The van der Waals surface area contributed by atoms with Crippen molar-refractivity contribution in [2.24, 2.45) is 0 Å². The van der Waals surface area contributed by atoms with Crippen molar-refractivity contribution in [1.29, 1.82) is 0 Å². The van der Waals surface area contributed by atoms with Crippen molar-refractivity contribution in [3.63, 3.8) is 0 Å². The van der Waals surface area contributed by atoms with E-state index in [9.17, 15) is 17.8 Å². The van der Waals surface area contributed by atoms with Gasteiger partial charge in [-0.15, -0.1) is 0 Å². The lowest BCUT2D eigenvalue weighted by Crippen LogP contribution is -2.62. The topological polar surface area (TPSA) is 124 Å². The Balaban J connectivity index is 2.34. The number of nitrogens with zero attached hydrogens (tertiary/aromatic N) is 1. The number of nitrogens with one attached hydrogen (secondary N) is 1. The molecule has 1 aliphatic heterocycles. The number of hydrogen-bond donors (Lipinski definition) is 2. The molecule has 1 aliphatic rings. The summed E-state index contributed by atoms with van der Waals surface area (Å²) >= 11 is 0. The maximum Gasteiger partial charge on any atom is 0.279 e. The Bertz CT molecular complexity index is 1060. The second-order valence-corrected chi connectivity index (χ2v) is 9.30. The van der Waals surface area contributed by atoms with Crippen LogP contribution in [-0.4, -0.2) is 62.9 Å². The van der Waals surface area contributed by atoms with Gasteiger partial charge >= 0.3 is 0 Å². The highest BCUT2D eigenvalue weighted by Gasteiger charge is 2.65. The van der Waals surface area contributed by atoms with Crippen LogP contribution < -0.4 is 19.5 Å². The molecule has 2 atom stereocenters. The zero-order valence-corrected chi connectivity index (χ0v) is 19.4. The van der Waals surface area contributed by atoms with Crippen LogP contribution in [0.5, 0.6) is 17.2 Å². The maximum atomic E-state index is 14.1. The molecular weight excluding hydrogens is 436 g/mol. The Morgan fingerprint density at radius 3 is 2.28 bits per heavy atom. The van der Waals surface area contributed by atoms with Gasteiger partial charge in [0.25, 0.3) is 10.1 Å². The van der Waals surface area contributed by atoms with Crippen molar-refractivity contribution in [1.82, 2.24) is 10.3 Å². The molecule has 2 aromatic rings. The molecular formula is C22H28N2O7S. The number of ether oxygens (including phenoxy) is 3. The Kier molecular flexibility index (Phi) is 6.77. The second kappa shape index (κ2) is 9.05. The predicted molar refractivity (Wildman–Crippen MR) is 118 cm³/mol. The molecule has 0 bridgehead atoms. The van der Waals surface area contributed by atoms with Crippen LogP contribution in [0.3, 0.4) is 0 Å². The van der Waals surface area contributed by atoms with E-state index in [0.29, 0.717) is 18.5 Å². The fourth-order valence-corrected chi connectivity index (χ4v) is 6.37. The van der Waals surface area contributed by atoms with E-state index in [1.54, 1.807) is 31.5 Å². The molecule has 0 spiro atoms. The third-order valence-electron chi connectivity index (χ3n) is 6.37. The fraction of sp³-hybridized carbons (Fsp3) is 0.455. The summed E-state index contributed by atoms with van der Waals surface area (Å²) < 4.78 is 50.6. The van der Waals surface area contributed by atoms with Crippen molar-refractivity contribution in [3.8, 4) is 17.2 Å². The van der Waals surface area contributed by atoms with Crippen molar-refractivity contribution < 1.29 is 32.0 Å². The van der Waals surface area contributed by atoms with Gasteiger partial charge in [-0.1, -0.05) is 13.0 Å². The van der Waals surface area contributed by atoms with Gasteiger partial charge in [-0.3, -0.25) is 14.3 Å². The Labute approximate surface area is 187 Å². The van der Waals surface area contributed by atoms with Gasteiger partial charge in [-0.25, -0.2) is 0 Å². The first-order valence-electron chi connectivity index (χ1n) is 10.2. The maximum absolute atomic E-state index is 14.1. The quantitative estimate of drug-likeness (QED) is 0.425. The SMILES string of the molecule is CCC(C(=O)c1cc(OC)c(OC)c(OC)c1)(C1(c2cccnc2)CCNC1)S(=O)(=O)O. The average molecular weight is 465 g/mol. The molecule has 10 heteroatoms. The first-order valence-corrected chi connectivity index (χ1v) is 11.6. The summed E-state index contributed by atoms with van der Waals surface area (Å²) in [5, 5.41) is 3.17. The van der Waals surface area contributed by atoms with E-state index in [1.807, 2.05) is 0 Å². The molecule has 9 nitrogen and oxygen atoms in total. The largest absolute Gasteiger partial charge is 0.493 e. The third kappa shape index (κ3) is 3.52. The van der Waals surface area contributed by atoms with Crippen LogP contribution in [0.15, 0.2) is 36.7 Å². The van der Waals surface area contributed by atoms with Gasteiger partial charge in [0, 0.05) is 29.9 Å². The molecule has 0 amide bonds. The summed E-state index contributed by atoms with van der Waals surface area (Å²) in [7, 11) is -0.666. The Hall–Kier alpha value is -2.69. The van der Waals surface area contributed by atoms with Gasteiger partial charge in [0.2, 0.25) is 5.75 Å². The number of methoxy groups -OCH3 is 3. The lowest BCUT2D eigenvalue weighted by Gasteiger charge is -2.44. The van der Waals surface area contributed by atoms with Crippen LogP contribution in [0.25, 0.3) is 0 Å². The first kappa shape index (κ1) is 24.0. The van der Waals surface area contributed by atoms with Crippen LogP contribution in [0.1, 0.15) is 35.7 Å². The number of rotatable bonds is 9. The molecule has 1 aromatic heterocycles. The number of carbonyl (C=O) groups is 1. The second-order valence-electron chi connectivity index (χ2n) is 7.65. The molecule has 174 valence electrons. The smallest absolute Gasteiger partial charge is 0.279 e. The van der Waals surface area contributed by atoms with Crippen molar-refractivity contribution in [2.75, 3.05) is 34.4 Å². The number of benzene rings is 1. The standard InChI is InChI=1S/C22H28N2O7S/c1-5-22(32(26,27)28,21(8-10-24-14-21)16-7-6-9-23-13-16)20(25)15-11-17(29-2)19(31-4)18(12-15)30-3/h6-7,9,11-13,24H,5,8,10,14H2,1-4H3,(H,26,27,28). The zero-order valence-electron chi connectivity index (χ0n) is 18.5. The van der Waals surface area contributed by atoms with Gasteiger partial charge in [-0.2, -0.15) is 8.42 Å². The van der Waals surface area contributed by atoms with Crippen molar-refractivity contribution in [2.45, 2.75) is 29.9 Å². The summed E-state index contributed by atoms with van der Waals surface area (Å²) in [6.07, 6.45) is 3.28. The molecule has 2 unspecified atom stereocenters. The third-order valence-corrected chi connectivity index (χ3v) is 8.12. The van der Waals surface area contributed by atoms with Crippen LogP contribution >= 0.6 is 0 Å². The molecule has 32 heavy (non-hydrogen) atoms. The number of ketones is 1. The lowest BCUT2D eigenvalue weighted by molar-refractivity contribution is 0.0867. The molecule has 2 N–H and O–H groups in total. The van der Waals surface area contributed by atoms with E-state index in [4.69, 9.17) is 14.2 Å². The van der Waals surface area contributed by atoms with E-state index in [1.165, 1.54) is 33.5 Å². The summed E-state index contributed by atoms with van der Waals surface area (Å²) in [5.41, 5.74) is -0.652. The van der Waals surface area contributed by atoms with Crippen LogP contribution in [-0.2, 0) is 15.5 Å². The van der Waals surface area contributed by atoms with E-state index in [-0.39, 0.29) is 35.8 Å². The normalized spacial score (nSPS) is 20.4. The number of pyridine rings is 1.